The van der Waals surface area contributed by atoms with Gasteiger partial charge < -0.3 is 0 Å². The van der Waals surface area contributed by atoms with Crippen LogP contribution in [-0.2, 0) is 0 Å². The van der Waals surface area contributed by atoms with Crippen LogP contribution in [0.1, 0.15) is 28.7 Å². The second-order valence-electron chi connectivity index (χ2n) is 6.46. The van der Waals surface area contributed by atoms with Crippen molar-refractivity contribution in [1.29, 1.82) is 0 Å². The summed E-state index contributed by atoms with van der Waals surface area (Å²) in [5, 5.41) is 1.46. The van der Waals surface area contributed by atoms with Crippen LogP contribution in [-0.4, -0.2) is 5.88 Å². The molecule has 3 aromatic rings. The molecule has 0 aliphatic heterocycles. The molecular weight excluding hydrogens is 395 g/mol. The zero-order chi connectivity index (χ0) is 18.8. The summed E-state index contributed by atoms with van der Waals surface area (Å²) >= 11 is 18.6. The maximum atomic E-state index is 6.34. The van der Waals surface area contributed by atoms with E-state index in [1.807, 2.05) is 42.5 Å². The van der Waals surface area contributed by atoms with E-state index < -0.39 is 0 Å². The van der Waals surface area contributed by atoms with Crippen LogP contribution in [0.2, 0.25) is 10.0 Å². The fourth-order valence-electron chi connectivity index (χ4n) is 3.60. The lowest BCUT2D eigenvalue weighted by molar-refractivity contribution is 1.18. The van der Waals surface area contributed by atoms with E-state index in [0.29, 0.717) is 5.88 Å². The van der Waals surface area contributed by atoms with Crippen LogP contribution in [0.3, 0.4) is 0 Å². The minimum Gasteiger partial charge on any atom is -0.126 e. The molecule has 0 heterocycles. The van der Waals surface area contributed by atoms with Gasteiger partial charge in [-0.3, -0.25) is 0 Å². The number of alkyl halides is 1. The Bertz CT molecular complexity index is 1030. The molecular formula is C24H17Cl3. The third kappa shape index (κ3) is 3.71. The van der Waals surface area contributed by atoms with Crippen LogP contribution in [0.15, 0.2) is 78.4 Å². The minimum absolute atomic E-state index is 0.556. The first-order valence-electron chi connectivity index (χ1n) is 8.80. The van der Waals surface area contributed by atoms with Crippen molar-refractivity contribution < 1.29 is 0 Å². The zero-order valence-corrected chi connectivity index (χ0v) is 16.8. The number of hydrogen-bond donors (Lipinski definition) is 0. The highest BCUT2D eigenvalue weighted by Crippen LogP contribution is 2.47. The second-order valence-corrected chi connectivity index (χ2v) is 7.71. The van der Waals surface area contributed by atoms with Crippen molar-refractivity contribution in [2.75, 3.05) is 5.88 Å². The molecule has 0 N–H and O–H groups in total. The largest absolute Gasteiger partial charge is 0.126 e. The SMILES string of the molecule is ClCCC1=C(c2ccc(Cl)cc2)c2ccc(Cl)cc2/C1=C\c1ccccc1. The van der Waals surface area contributed by atoms with Gasteiger partial charge in [-0.1, -0.05) is 71.7 Å². The molecule has 3 heteroatoms. The Labute approximate surface area is 174 Å². The van der Waals surface area contributed by atoms with Gasteiger partial charge in [0.05, 0.1) is 0 Å². The molecule has 0 amide bonds. The van der Waals surface area contributed by atoms with Crippen LogP contribution in [0.25, 0.3) is 17.2 Å². The second kappa shape index (κ2) is 7.94. The molecule has 0 saturated heterocycles. The lowest BCUT2D eigenvalue weighted by atomic mass is 9.96. The van der Waals surface area contributed by atoms with Crippen molar-refractivity contribution in [3.63, 3.8) is 0 Å². The number of rotatable bonds is 4. The first-order valence-corrected chi connectivity index (χ1v) is 10.1. The van der Waals surface area contributed by atoms with E-state index in [4.69, 9.17) is 34.8 Å². The molecule has 0 radical (unpaired) electrons. The summed E-state index contributed by atoms with van der Waals surface area (Å²) < 4.78 is 0. The van der Waals surface area contributed by atoms with Gasteiger partial charge in [0.25, 0.3) is 0 Å². The Kier molecular flexibility index (Phi) is 5.41. The summed E-state index contributed by atoms with van der Waals surface area (Å²) in [6.45, 7) is 0. The van der Waals surface area contributed by atoms with Gasteiger partial charge in [0, 0.05) is 15.9 Å². The van der Waals surface area contributed by atoms with Crippen molar-refractivity contribution >= 4 is 52.0 Å². The maximum Gasteiger partial charge on any atom is 0.0412 e. The van der Waals surface area contributed by atoms with Gasteiger partial charge >= 0.3 is 0 Å². The van der Waals surface area contributed by atoms with Crippen molar-refractivity contribution in [1.82, 2.24) is 0 Å². The molecule has 0 spiro atoms. The lowest BCUT2D eigenvalue weighted by Gasteiger charge is -2.09. The molecule has 0 nitrogen and oxygen atoms in total. The van der Waals surface area contributed by atoms with E-state index in [1.165, 1.54) is 22.3 Å². The molecule has 0 saturated carbocycles. The van der Waals surface area contributed by atoms with Crippen LogP contribution < -0.4 is 0 Å². The molecule has 0 atom stereocenters. The Balaban J connectivity index is 1.98. The van der Waals surface area contributed by atoms with Crippen molar-refractivity contribution in [2.45, 2.75) is 6.42 Å². The van der Waals surface area contributed by atoms with Crippen LogP contribution in [0, 0.1) is 0 Å². The summed E-state index contributed by atoms with van der Waals surface area (Å²) in [6.07, 6.45) is 3.00. The minimum atomic E-state index is 0.556. The molecule has 0 aromatic heterocycles. The maximum absolute atomic E-state index is 6.34. The van der Waals surface area contributed by atoms with E-state index in [-0.39, 0.29) is 0 Å². The fraction of sp³-hybridized carbons (Fsp3) is 0.0833. The third-order valence-electron chi connectivity index (χ3n) is 4.76. The molecule has 0 unspecified atom stereocenters. The highest BCUT2D eigenvalue weighted by Gasteiger charge is 2.27. The third-order valence-corrected chi connectivity index (χ3v) is 5.43. The van der Waals surface area contributed by atoms with Gasteiger partial charge in [-0.15, -0.1) is 11.6 Å². The summed E-state index contributed by atoms with van der Waals surface area (Å²) in [4.78, 5) is 0. The topological polar surface area (TPSA) is 0 Å². The Morgan fingerprint density at radius 1 is 0.741 bits per heavy atom. The van der Waals surface area contributed by atoms with Gasteiger partial charge in [0.15, 0.2) is 0 Å². The molecule has 134 valence electrons. The molecule has 0 bridgehead atoms. The number of allylic oxidation sites excluding steroid dienone is 2. The lowest BCUT2D eigenvalue weighted by Crippen LogP contribution is -1.90. The normalized spacial score (nSPS) is 14.7. The van der Waals surface area contributed by atoms with Crippen LogP contribution >= 0.6 is 34.8 Å². The highest BCUT2D eigenvalue weighted by atomic mass is 35.5. The first-order chi connectivity index (χ1) is 13.2. The van der Waals surface area contributed by atoms with E-state index in [0.717, 1.165) is 33.2 Å². The summed E-state index contributed by atoms with van der Waals surface area (Å²) in [5.74, 6) is 0.556. The molecule has 4 rings (SSSR count). The van der Waals surface area contributed by atoms with Gasteiger partial charge in [-0.2, -0.15) is 0 Å². The number of fused-ring (bicyclic) bond motifs is 1. The standard InChI is InChI=1S/C24H17Cl3/c25-13-12-21-22(14-16-4-2-1-3-5-16)23-15-19(27)10-11-20(23)24(21)17-6-8-18(26)9-7-17/h1-11,14-15H,12-13H2/b22-14-. The Morgan fingerprint density at radius 3 is 2.15 bits per heavy atom. The van der Waals surface area contributed by atoms with E-state index >= 15 is 0 Å². The molecule has 0 fully saturated rings. The Morgan fingerprint density at radius 2 is 1.44 bits per heavy atom. The van der Waals surface area contributed by atoms with Crippen LogP contribution in [0.5, 0.6) is 0 Å². The van der Waals surface area contributed by atoms with Gasteiger partial charge in [0.2, 0.25) is 0 Å². The van der Waals surface area contributed by atoms with Gasteiger partial charge in [-0.05, 0) is 75.7 Å². The smallest absolute Gasteiger partial charge is 0.0412 e. The van der Waals surface area contributed by atoms with Gasteiger partial charge in [-0.25, -0.2) is 0 Å². The number of hydrogen-bond acceptors (Lipinski definition) is 0. The number of halogens is 3. The van der Waals surface area contributed by atoms with E-state index in [9.17, 15) is 0 Å². The summed E-state index contributed by atoms with van der Waals surface area (Å²) in [6, 6.07) is 24.4. The summed E-state index contributed by atoms with van der Waals surface area (Å²) in [5.41, 5.74) is 8.27. The average molecular weight is 412 g/mol. The monoisotopic (exact) mass is 410 g/mol. The predicted octanol–water partition coefficient (Wildman–Crippen LogP) is 7.98. The molecule has 3 aromatic carbocycles. The van der Waals surface area contributed by atoms with E-state index in [1.54, 1.807) is 0 Å². The van der Waals surface area contributed by atoms with Gasteiger partial charge in [0.1, 0.15) is 0 Å². The highest BCUT2D eigenvalue weighted by molar-refractivity contribution is 6.31. The first kappa shape index (κ1) is 18.4. The quantitative estimate of drug-likeness (QED) is 0.382. The average Bonchev–Trinajstić information content (AvgIpc) is 2.96. The van der Waals surface area contributed by atoms with Crippen molar-refractivity contribution in [3.05, 3.63) is 111 Å². The van der Waals surface area contributed by atoms with Crippen LogP contribution in [0.4, 0.5) is 0 Å². The molecule has 27 heavy (non-hydrogen) atoms. The van der Waals surface area contributed by atoms with E-state index in [2.05, 4.69) is 36.4 Å². The summed E-state index contributed by atoms with van der Waals surface area (Å²) in [7, 11) is 0. The zero-order valence-electron chi connectivity index (χ0n) is 14.6. The number of benzene rings is 3. The predicted molar refractivity (Wildman–Crippen MR) is 119 cm³/mol. The Hall–Kier alpha value is -1.99. The molecule has 1 aliphatic carbocycles. The fourth-order valence-corrected chi connectivity index (χ4v) is 4.09. The van der Waals surface area contributed by atoms with Crippen molar-refractivity contribution in [2.24, 2.45) is 0 Å². The molecule has 1 aliphatic rings. The van der Waals surface area contributed by atoms with Crippen molar-refractivity contribution in [3.8, 4) is 0 Å².